The first-order valence-corrected chi connectivity index (χ1v) is 6.88. The Balaban J connectivity index is 2.45. The molecule has 1 aromatic heterocycles. The van der Waals surface area contributed by atoms with E-state index in [1.807, 2.05) is 0 Å². The molecule has 8 nitrogen and oxygen atoms in total. The van der Waals surface area contributed by atoms with Crippen LogP contribution in [0.4, 0.5) is 5.69 Å². The van der Waals surface area contributed by atoms with Crippen LogP contribution in [0.2, 0.25) is 0 Å². The lowest BCUT2D eigenvalue weighted by Gasteiger charge is -2.10. The van der Waals surface area contributed by atoms with E-state index in [9.17, 15) is 18.3 Å². The van der Waals surface area contributed by atoms with Crippen molar-refractivity contribution in [1.82, 2.24) is 10.2 Å². The standard InChI is InChI=1S/C11H11N3O5S/c1-6-10(5-12-13-6)20(18,19)14-9-3-2-7(15)4-8(9)11(16)17/h2-5,14-15H,1H3,(H,12,13)(H,16,17). The number of aromatic carboxylic acids is 1. The predicted molar refractivity (Wildman–Crippen MR) is 69.2 cm³/mol. The third kappa shape index (κ3) is 2.57. The van der Waals surface area contributed by atoms with Crippen LogP contribution in [0.15, 0.2) is 29.3 Å². The molecular formula is C11H11N3O5S. The molecule has 0 atom stereocenters. The maximum Gasteiger partial charge on any atom is 0.337 e. The second-order valence-electron chi connectivity index (χ2n) is 4.00. The summed E-state index contributed by atoms with van der Waals surface area (Å²) in [5, 5.41) is 24.3. The van der Waals surface area contributed by atoms with E-state index in [1.54, 1.807) is 0 Å². The summed E-state index contributed by atoms with van der Waals surface area (Å²) >= 11 is 0. The molecule has 1 aromatic carbocycles. The molecular weight excluding hydrogens is 286 g/mol. The highest BCUT2D eigenvalue weighted by Gasteiger charge is 2.21. The number of anilines is 1. The van der Waals surface area contributed by atoms with Crippen LogP contribution in [0.25, 0.3) is 0 Å². The second-order valence-corrected chi connectivity index (χ2v) is 5.65. The number of phenolic OH excluding ortho intramolecular Hbond substituents is 1. The minimum atomic E-state index is -3.96. The van der Waals surface area contributed by atoms with Gasteiger partial charge in [-0.25, -0.2) is 13.2 Å². The Morgan fingerprint density at radius 2 is 2.10 bits per heavy atom. The van der Waals surface area contributed by atoms with Crippen LogP contribution in [-0.2, 0) is 10.0 Å². The minimum Gasteiger partial charge on any atom is -0.508 e. The molecule has 0 amide bonds. The van der Waals surface area contributed by atoms with Crippen molar-refractivity contribution in [3.05, 3.63) is 35.7 Å². The van der Waals surface area contributed by atoms with Crippen LogP contribution in [0.5, 0.6) is 5.75 Å². The van der Waals surface area contributed by atoms with E-state index >= 15 is 0 Å². The van der Waals surface area contributed by atoms with Gasteiger partial charge in [0.1, 0.15) is 10.6 Å². The molecule has 0 radical (unpaired) electrons. The highest BCUT2D eigenvalue weighted by molar-refractivity contribution is 7.92. The lowest BCUT2D eigenvalue weighted by Crippen LogP contribution is -2.15. The molecule has 0 aliphatic carbocycles. The number of aromatic amines is 1. The van der Waals surface area contributed by atoms with Crippen LogP contribution in [0.3, 0.4) is 0 Å². The fourth-order valence-corrected chi connectivity index (χ4v) is 2.83. The molecule has 2 aromatic rings. The van der Waals surface area contributed by atoms with Gasteiger partial charge in [-0.1, -0.05) is 0 Å². The Morgan fingerprint density at radius 3 is 2.65 bits per heavy atom. The van der Waals surface area contributed by atoms with Gasteiger partial charge in [-0.15, -0.1) is 0 Å². The number of aromatic nitrogens is 2. The van der Waals surface area contributed by atoms with Crippen LogP contribution < -0.4 is 4.72 Å². The first kappa shape index (κ1) is 13.9. The largest absolute Gasteiger partial charge is 0.508 e. The van der Waals surface area contributed by atoms with Gasteiger partial charge >= 0.3 is 5.97 Å². The Morgan fingerprint density at radius 1 is 1.40 bits per heavy atom. The van der Waals surface area contributed by atoms with Gasteiger partial charge in [0.15, 0.2) is 0 Å². The number of aromatic hydroxyl groups is 1. The molecule has 20 heavy (non-hydrogen) atoms. The van der Waals surface area contributed by atoms with E-state index in [2.05, 4.69) is 14.9 Å². The highest BCUT2D eigenvalue weighted by Crippen LogP contribution is 2.24. The van der Waals surface area contributed by atoms with E-state index in [4.69, 9.17) is 5.11 Å². The molecule has 0 fully saturated rings. The van der Waals surface area contributed by atoms with Crippen LogP contribution in [-0.4, -0.2) is 34.8 Å². The molecule has 106 valence electrons. The maximum absolute atomic E-state index is 12.1. The lowest BCUT2D eigenvalue weighted by molar-refractivity contribution is 0.0697. The SMILES string of the molecule is Cc1[nH]ncc1S(=O)(=O)Nc1ccc(O)cc1C(=O)O. The predicted octanol–water partition coefficient (Wildman–Crippen LogP) is 0.923. The molecule has 2 rings (SSSR count). The quantitative estimate of drug-likeness (QED) is 0.620. The van der Waals surface area contributed by atoms with E-state index in [0.717, 1.165) is 12.3 Å². The van der Waals surface area contributed by atoms with Crippen molar-refractivity contribution in [2.75, 3.05) is 4.72 Å². The van der Waals surface area contributed by atoms with E-state index in [0.29, 0.717) is 5.69 Å². The maximum atomic E-state index is 12.1. The van der Waals surface area contributed by atoms with Gasteiger partial charge in [-0.05, 0) is 25.1 Å². The number of phenols is 1. The number of nitrogens with one attached hydrogen (secondary N) is 2. The van der Waals surface area contributed by atoms with Crippen LogP contribution in [0, 0.1) is 6.92 Å². The molecule has 0 unspecified atom stereocenters. The molecule has 0 saturated heterocycles. The number of hydrogen-bond donors (Lipinski definition) is 4. The van der Waals surface area contributed by atoms with Gasteiger partial charge in [-0.2, -0.15) is 5.10 Å². The zero-order valence-electron chi connectivity index (χ0n) is 10.3. The molecule has 0 saturated carbocycles. The Bertz CT molecular complexity index is 766. The van der Waals surface area contributed by atoms with E-state index in [-0.39, 0.29) is 21.9 Å². The smallest absolute Gasteiger partial charge is 0.337 e. The molecule has 0 aliphatic heterocycles. The number of aryl methyl sites for hydroxylation is 1. The van der Waals surface area contributed by atoms with Gasteiger partial charge in [0.05, 0.1) is 23.1 Å². The lowest BCUT2D eigenvalue weighted by atomic mass is 10.2. The van der Waals surface area contributed by atoms with Crippen molar-refractivity contribution in [3.8, 4) is 5.75 Å². The molecule has 1 heterocycles. The second kappa shape index (κ2) is 4.85. The number of benzene rings is 1. The molecule has 4 N–H and O–H groups in total. The van der Waals surface area contributed by atoms with Gasteiger partial charge in [0.2, 0.25) is 0 Å². The number of carbonyl (C=O) groups is 1. The summed E-state index contributed by atoms with van der Waals surface area (Å²) in [5.41, 5.74) is -0.168. The van der Waals surface area contributed by atoms with Crippen molar-refractivity contribution >= 4 is 21.7 Å². The average molecular weight is 297 g/mol. The highest BCUT2D eigenvalue weighted by atomic mass is 32.2. The Labute approximate surface area is 114 Å². The Hall–Kier alpha value is -2.55. The zero-order valence-corrected chi connectivity index (χ0v) is 11.1. The first-order valence-electron chi connectivity index (χ1n) is 5.40. The molecule has 0 bridgehead atoms. The first-order chi connectivity index (χ1) is 9.31. The monoisotopic (exact) mass is 297 g/mol. The summed E-state index contributed by atoms with van der Waals surface area (Å²) in [4.78, 5) is 11.0. The van der Waals surface area contributed by atoms with Crippen LogP contribution >= 0.6 is 0 Å². The number of hydrogen-bond acceptors (Lipinski definition) is 5. The number of carboxylic acid groups (broad SMARTS) is 1. The third-order valence-corrected chi connectivity index (χ3v) is 4.03. The molecule has 9 heteroatoms. The number of H-pyrrole nitrogens is 1. The van der Waals surface area contributed by atoms with E-state index in [1.165, 1.54) is 19.1 Å². The summed E-state index contributed by atoms with van der Waals surface area (Å²) in [6.45, 7) is 1.52. The van der Waals surface area contributed by atoms with Crippen molar-refractivity contribution in [1.29, 1.82) is 0 Å². The third-order valence-electron chi connectivity index (χ3n) is 2.55. The summed E-state index contributed by atoms with van der Waals surface area (Å²) in [6.07, 6.45) is 1.12. The number of sulfonamides is 1. The molecule has 0 spiro atoms. The summed E-state index contributed by atoms with van der Waals surface area (Å²) in [6, 6.07) is 3.32. The molecule has 0 aliphatic rings. The number of rotatable bonds is 4. The Kier molecular flexibility index (Phi) is 3.36. The van der Waals surface area contributed by atoms with E-state index < -0.39 is 16.0 Å². The summed E-state index contributed by atoms with van der Waals surface area (Å²) in [7, 11) is -3.96. The average Bonchev–Trinajstić information content (AvgIpc) is 2.78. The minimum absolute atomic E-state index is 0.0816. The van der Waals surface area contributed by atoms with Gasteiger partial charge in [0, 0.05) is 0 Å². The van der Waals surface area contributed by atoms with Gasteiger partial charge < -0.3 is 10.2 Å². The van der Waals surface area contributed by atoms with Crippen molar-refractivity contribution in [2.45, 2.75) is 11.8 Å². The summed E-state index contributed by atoms with van der Waals surface area (Å²) in [5.74, 6) is -1.63. The van der Waals surface area contributed by atoms with Crippen LogP contribution in [0.1, 0.15) is 16.1 Å². The van der Waals surface area contributed by atoms with Crippen molar-refractivity contribution in [3.63, 3.8) is 0 Å². The number of carboxylic acids is 1. The van der Waals surface area contributed by atoms with Crippen molar-refractivity contribution < 1.29 is 23.4 Å². The van der Waals surface area contributed by atoms with Gasteiger partial charge in [0.25, 0.3) is 10.0 Å². The topological polar surface area (TPSA) is 132 Å². The fraction of sp³-hybridized carbons (Fsp3) is 0.0909. The fourth-order valence-electron chi connectivity index (χ4n) is 1.61. The zero-order chi connectivity index (χ0) is 14.9. The normalized spacial score (nSPS) is 11.2. The van der Waals surface area contributed by atoms with Crippen molar-refractivity contribution in [2.24, 2.45) is 0 Å². The number of nitrogens with zero attached hydrogens (tertiary/aromatic N) is 1. The van der Waals surface area contributed by atoms with Gasteiger partial charge in [-0.3, -0.25) is 9.82 Å². The summed E-state index contributed by atoms with van der Waals surface area (Å²) < 4.78 is 26.4.